The molecule has 152 valence electrons. The SMILES string of the molecule is CN=CC(C=N)c1ccc(N)c(C(=N)c2cc(N3CCCOCCC3)ncn2)c1. The van der Waals surface area contributed by atoms with Gasteiger partial charge in [-0.1, -0.05) is 6.07 Å². The van der Waals surface area contributed by atoms with Gasteiger partial charge in [0.25, 0.3) is 0 Å². The van der Waals surface area contributed by atoms with E-state index < -0.39 is 0 Å². The first-order valence-electron chi connectivity index (χ1n) is 9.70. The van der Waals surface area contributed by atoms with Crippen LogP contribution in [0.25, 0.3) is 0 Å². The molecule has 1 saturated heterocycles. The van der Waals surface area contributed by atoms with Gasteiger partial charge in [-0.15, -0.1) is 0 Å². The van der Waals surface area contributed by atoms with E-state index in [9.17, 15) is 0 Å². The molecule has 1 aromatic heterocycles. The van der Waals surface area contributed by atoms with Crippen molar-refractivity contribution in [1.29, 1.82) is 10.8 Å². The lowest BCUT2D eigenvalue weighted by molar-refractivity contribution is 0.124. The van der Waals surface area contributed by atoms with Crippen molar-refractivity contribution >= 4 is 29.6 Å². The first-order valence-corrected chi connectivity index (χ1v) is 9.70. The Hall–Kier alpha value is -3.13. The van der Waals surface area contributed by atoms with Crippen LogP contribution in [0.5, 0.6) is 0 Å². The number of aromatic nitrogens is 2. The van der Waals surface area contributed by atoms with Crippen molar-refractivity contribution in [1.82, 2.24) is 9.97 Å². The third-order valence-corrected chi connectivity index (χ3v) is 4.89. The van der Waals surface area contributed by atoms with E-state index in [0.29, 0.717) is 16.9 Å². The summed E-state index contributed by atoms with van der Waals surface area (Å²) in [6.45, 7) is 3.23. The molecule has 8 nitrogen and oxygen atoms in total. The van der Waals surface area contributed by atoms with Gasteiger partial charge in [0.2, 0.25) is 0 Å². The molecule has 1 aliphatic rings. The second-order valence-electron chi connectivity index (χ2n) is 6.89. The minimum absolute atomic E-state index is 0.237. The highest BCUT2D eigenvalue weighted by atomic mass is 16.5. The molecule has 2 heterocycles. The summed E-state index contributed by atoms with van der Waals surface area (Å²) < 4.78 is 5.52. The Morgan fingerprint density at radius 3 is 2.69 bits per heavy atom. The molecule has 1 unspecified atom stereocenters. The molecule has 8 heteroatoms. The van der Waals surface area contributed by atoms with Gasteiger partial charge in [0, 0.05) is 63.1 Å². The molecule has 1 atom stereocenters. The normalized spacial score (nSPS) is 16.2. The van der Waals surface area contributed by atoms with Gasteiger partial charge in [-0.25, -0.2) is 9.97 Å². The van der Waals surface area contributed by atoms with Gasteiger partial charge in [0.15, 0.2) is 0 Å². The second-order valence-corrected chi connectivity index (χ2v) is 6.89. The number of nitrogens with one attached hydrogen (secondary N) is 2. The average Bonchev–Trinajstić information content (AvgIpc) is 2.72. The van der Waals surface area contributed by atoms with E-state index >= 15 is 0 Å². The minimum Gasteiger partial charge on any atom is -0.398 e. The summed E-state index contributed by atoms with van der Waals surface area (Å²) in [7, 11) is 1.68. The highest BCUT2D eigenvalue weighted by Crippen LogP contribution is 2.23. The molecule has 4 N–H and O–H groups in total. The van der Waals surface area contributed by atoms with Crippen LogP contribution in [0.1, 0.15) is 35.6 Å². The van der Waals surface area contributed by atoms with Gasteiger partial charge < -0.3 is 20.8 Å². The summed E-state index contributed by atoms with van der Waals surface area (Å²) in [5.41, 5.74) is 8.87. The lowest BCUT2D eigenvalue weighted by Crippen LogP contribution is -2.30. The van der Waals surface area contributed by atoms with Gasteiger partial charge in [-0.05, 0) is 30.5 Å². The fraction of sp³-hybridized carbons (Fsp3) is 0.381. The molecular formula is C21H27N7O. The summed E-state index contributed by atoms with van der Waals surface area (Å²) in [6.07, 6.45) is 6.39. The van der Waals surface area contributed by atoms with E-state index in [1.54, 1.807) is 19.3 Å². The largest absolute Gasteiger partial charge is 0.398 e. The van der Waals surface area contributed by atoms with Crippen LogP contribution in [-0.2, 0) is 4.74 Å². The molecule has 0 amide bonds. The number of hydrogen-bond acceptors (Lipinski definition) is 8. The zero-order valence-electron chi connectivity index (χ0n) is 16.6. The van der Waals surface area contributed by atoms with E-state index in [4.69, 9.17) is 21.3 Å². The zero-order chi connectivity index (χ0) is 20.6. The number of aliphatic imine (C=N–C) groups is 1. The minimum atomic E-state index is -0.253. The lowest BCUT2D eigenvalue weighted by atomic mass is 9.95. The van der Waals surface area contributed by atoms with Gasteiger partial charge in [0.05, 0.1) is 17.3 Å². The lowest BCUT2D eigenvalue weighted by Gasteiger charge is -2.26. The average molecular weight is 393 g/mol. The number of rotatable bonds is 6. The van der Waals surface area contributed by atoms with Crippen LogP contribution in [0.2, 0.25) is 0 Å². The van der Waals surface area contributed by atoms with Gasteiger partial charge in [0.1, 0.15) is 12.1 Å². The van der Waals surface area contributed by atoms with E-state index in [1.165, 1.54) is 12.5 Å². The molecular weight excluding hydrogens is 366 g/mol. The number of ether oxygens (including phenoxy) is 1. The van der Waals surface area contributed by atoms with Crippen molar-refractivity contribution in [2.24, 2.45) is 4.99 Å². The number of nitrogens with zero attached hydrogens (tertiary/aromatic N) is 4. The standard InChI is InChI=1S/C21H27N7O/c1-25-13-16(12-22)15-4-5-18(23)17(10-15)21(24)19-11-20(27-14-26-19)28-6-2-8-29-9-3-7-28/h4-5,10-14,16,22,24H,2-3,6-9,23H2,1H3. The first kappa shape index (κ1) is 20.6. The maximum atomic E-state index is 8.70. The van der Waals surface area contributed by atoms with Crippen LogP contribution in [0.3, 0.4) is 0 Å². The van der Waals surface area contributed by atoms with E-state index in [1.807, 2.05) is 18.2 Å². The number of nitrogens with two attached hydrogens (primary N) is 1. The number of anilines is 2. The Bertz CT molecular complexity index is 888. The quantitative estimate of drug-likeness (QED) is 0.514. The monoisotopic (exact) mass is 393 g/mol. The molecule has 0 spiro atoms. The molecule has 0 bridgehead atoms. The van der Waals surface area contributed by atoms with Crippen molar-refractivity contribution in [2.75, 3.05) is 44.0 Å². The zero-order valence-corrected chi connectivity index (χ0v) is 16.6. The van der Waals surface area contributed by atoms with Crippen LogP contribution < -0.4 is 10.6 Å². The summed E-state index contributed by atoms with van der Waals surface area (Å²) in [5.74, 6) is 0.559. The van der Waals surface area contributed by atoms with E-state index in [0.717, 1.165) is 50.5 Å². The molecule has 1 aromatic carbocycles. The second kappa shape index (κ2) is 9.88. The molecule has 29 heavy (non-hydrogen) atoms. The molecule has 0 aliphatic carbocycles. The van der Waals surface area contributed by atoms with Crippen LogP contribution in [-0.4, -0.2) is 61.5 Å². The third-order valence-electron chi connectivity index (χ3n) is 4.89. The Morgan fingerprint density at radius 2 is 2.00 bits per heavy atom. The van der Waals surface area contributed by atoms with Crippen molar-refractivity contribution in [3.8, 4) is 0 Å². The van der Waals surface area contributed by atoms with Gasteiger partial charge >= 0.3 is 0 Å². The molecule has 1 aliphatic heterocycles. The Labute approximate surface area is 170 Å². The molecule has 1 fully saturated rings. The number of nitrogen functional groups attached to an aromatic ring is 1. The molecule has 3 rings (SSSR count). The maximum absolute atomic E-state index is 8.70. The smallest absolute Gasteiger partial charge is 0.132 e. The Balaban J connectivity index is 1.89. The van der Waals surface area contributed by atoms with Gasteiger partial charge in [-0.3, -0.25) is 10.4 Å². The Kier molecular flexibility index (Phi) is 7.02. The highest BCUT2D eigenvalue weighted by molar-refractivity contribution is 6.13. The fourth-order valence-electron chi connectivity index (χ4n) is 3.34. The van der Waals surface area contributed by atoms with E-state index in [-0.39, 0.29) is 11.6 Å². The van der Waals surface area contributed by atoms with E-state index in [2.05, 4.69) is 19.9 Å². The van der Waals surface area contributed by atoms with Crippen LogP contribution >= 0.6 is 0 Å². The van der Waals surface area contributed by atoms with Gasteiger partial charge in [-0.2, -0.15) is 0 Å². The van der Waals surface area contributed by atoms with Crippen LogP contribution in [0.15, 0.2) is 35.6 Å². The summed E-state index contributed by atoms with van der Waals surface area (Å²) in [4.78, 5) is 15.0. The first-order chi connectivity index (χ1) is 14.1. The maximum Gasteiger partial charge on any atom is 0.132 e. The number of benzene rings is 1. The van der Waals surface area contributed by atoms with Crippen LogP contribution in [0, 0.1) is 10.8 Å². The highest BCUT2D eigenvalue weighted by Gasteiger charge is 2.17. The summed E-state index contributed by atoms with van der Waals surface area (Å²) in [6, 6.07) is 7.31. The predicted octanol–water partition coefficient (Wildman–Crippen LogP) is 2.53. The van der Waals surface area contributed by atoms with Crippen molar-refractivity contribution in [3.05, 3.63) is 47.4 Å². The van der Waals surface area contributed by atoms with Crippen LogP contribution in [0.4, 0.5) is 11.5 Å². The topological polar surface area (TPSA) is 124 Å². The fourth-order valence-corrected chi connectivity index (χ4v) is 3.34. The summed E-state index contributed by atoms with van der Waals surface area (Å²) >= 11 is 0. The molecule has 0 saturated carbocycles. The predicted molar refractivity (Wildman–Crippen MR) is 117 cm³/mol. The van der Waals surface area contributed by atoms with Crippen molar-refractivity contribution < 1.29 is 4.74 Å². The van der Waals surface area contributed by atoms with Crippen molar-refractivity contribution in [3.63, 3.8) is 0 Å². The summed E-state index contributed by atoms with van der Waals surface area (Å²) in [5, 5.41) is 16.3. The molecule has 0 radical (unpaired) electrons. The molecule has 2 aromatic rings. The number of hydrogen-bond donors (Lipinski definition) is 3. The third kappa shape index (κ3) is 5.03. The van der Waals surface area contributed by atoms with Crippen molar-refractivity contribution in [2.45, 2.75) is 18.8 Å². The Morgan fingerprint density at radius 1 is 1.24 bits per heavy atom.